The summed E-state index contributed by atoms with van der Waals surface area (Å²) < 4.78 is 14.9. The molecule has 0 aromatic carbocycles. The molecule has 0 unspecified atom stereocenters. The van der Waals surface area contributed by atoms with Gasteiger partial charge in [-0.1, -0.05) is 6.58 Å². The van der Waals surface area contributed by atoms with Gasteiger partial charge in [-0.05, 0) is 6.92 Å². The molecule has 0 bridgehead atoms. The van der Waals surface area contributed by atoms with Crippen molar-refractivity contribution in [3.05, 3.63) is 12.2 Å². The first kappa shape index (κ1) is 15.6. The maximum absolute atomic E-state index is 11.1. The zero-order valence-electron chi connectivity index (χ0n) is 9.94. The summed E-state index contributed by atoms with van der Waals surface area (Å²) in [5.74, 6) is -1.82. The van der Waals surface area contributed by atoms with E-state index in [9.17, 15) is 9.59 Å². The minimum absolute atomic E-state index is 0.0730. The van der Waals surface area contributed by atoms with Crippen LogP contribution in [-0.2, 0) is 23.8 Å². The summed E-state index contributed by atoms with van der Waals surface area (Å²) in [4.78, 5) is 21.4. The molecule has 0 aromatic heterocycles. The van der Waals surface area contributed by atoms with Gasteiger partial charge >= 0.3 is 11.9 Å². The largest absolute Gasteiger partial charge is 0.481 e. The van der Waals surface area contributed by atoms with Gasteiger partial charge in [-0.25, -0.2) is 4.79 Å². The van der Waals surface area contributed by atoms with Gasteiger partial charge in [0.05, 0.1) is 26.2 Å². The summed E-state index contributed by atoms with van der Waals surface area (Å²) in [7, 11) is 0. The van der Waals surface area contributed by atoms with E-state index in [1.165, 1.54) is 0 Å². The van der Waals surface area contributed by atoms with Gasteiger partial charge in [0.15, 0.2) is 0 Å². The molecule has 0 aromatic rings. The average Bonchev–Trinajstić information content (AvgIpc) is 2.26. The van der Waals surface area contributed by atoms with E-state index in [2.05, 4.69) is 6.58 Å². The molecule has 0 fully saturated rings. The molecular formula is C11H18O6. The Kier molecular flexibility index (Phi) is 8.99. The summed E-state index contributed by atoms with van der Waals surface area (Å²) in [5, 5.41) is 8.42. The molecule has 0 radical (unpaired) electrons. The van der Waals surface area contributed by atoms with Crippen LogP contribution in [0.5, 0.6) is 0 Å². The fourth-order valence-corrected chi connectivity index (χ4v) is 0.914. The summed E-state index contributed by atoms with van der Waals surface area (Å²) in [5.41, 5.74) is -0.0770. The maximum atomic E-state index is 11.1. The van der Waals surface area contributed by atoms with E-state index < -0.39 is 18.4 Å². The van der Waals surface area contributed by atoms with Gasteiger partial charge in [0.1, 0.15) is 6.61 Å². The van der Waals surface area contributed by atoms with Crippen molar-refractivity contribution in [3.63, 3.8) is 0 Å². The van der Waals surface area contributed by atoms with Crippen molar-refractivity contribution in [1.82, 2.24) is 0 Å². The first-order valence-corrected chi connectivity index (χ1v) is 5.30. The summed E-state index contributed by atoms with van der Waals surface area (Å²) in [6.07, 6.45) is -0.413. The van der Waals surface area contributed by atoms with Crippen molar-refractivity contribution in [2.75, 3.05) is 33.0 Å². The highest BCUT2D eigenvalue weighted by molar-refractivity contribution is 5.92. The predicted molar refractivity (Wildman–Crippen MR) is 59.7 cm³/mol. The number of rotatable bonds is 10. The fourth-order valence-electron chi connectivity index (χ4n) is 0.914. The smallest absolute Gasteiger partial charge is 0.334 e. The normalized spacial score (nSPS) is 9.94. The van der Waals surface area contributed by atoms with E-state index in [-0.39, 0.29) is 18.8 Å². The third kappa shape index (κ3) is 9.52. The number of aliphatic carboxylic acids is 1. The Hall–Kier alpha value is -1.40. The van der Waals surface area contributed by atoms with Gasteiger partial charge < -0.3 is 19.3 Å². The molecule has 0 saturated carbocycles. The summed E-state index contributed by atoms with van der Waals surface area (Å²) >= 11 is 0. The van der Waals surface area contributed by atoms with Gasteiger partial charge in [0.2, 0.25) is 0 Å². The lowest BCUT2D eigenvalue weighted by Crippen LogP contribution is -2.15. The minimum Gasteiger partial charge on any atom is -0.481 e. The second-order valence-electron chi connectivity index (χ2n) is 3.12. The second-order valence-corrected chi connectivity index (χ2v) is 3.12. The van der Waals surface area contributed by atoms with Crippen molar-refractivity contribution in [3.8, 4) is 0 Å². The number of carbonyl (C=O) groups is 2. The fraction of sp³-hybridized carbons (Fsp3) is 0.636. The van der Waals surface area contributed by atoms with Gasteiger partial charge in [0.25, 0.3) is 0 Å². The molecule has 0 saturated heterocycles. The third-order valence-electron chi connectivity index (χ3n) is 1.69. The van der Waals surface area contributed by atoms with Crippen LogP contribution in [-0.4, -0.2) is 50.1 Å². The standard InChI is InChI=1S/C11H18O6/c1-3-15-4-5-16-6-7-17-11(14)9(2)8-10(12)13/h2-8H2,1H3,(H,12,13). The molecule has 0 rings (SSSR count). The average molecular weight is 246 g/mol. The molecule has 0 heterocycles. The van der Waals surface area contributed by atoms with Crippen LogP contribution in [0.1, 0.15) is 13.3 Å². The molecule has 0 amide bonds. The van der Waals surface area contributed by atoms with E-state index in [0.29, 0.717) is 19.8 Å². The van der Waals surface area contributed by atoms with Crippen molar-refractivity contribution in [2.24, 2.45) is 0 Å². The van der Waals surface area contributed by atoms with Crippen LogP contribution in [0, 0.1) is 0 Å². The number of carboxylic acid groups (broad SMARTS) is 1. The molecule has 0 spiro atoms. The van der Waals surface area contributed by atoms with Crippen molar-refractivity contribution >= 4 is 11.9 Å². The number of esters is 1. The van der Waals surface area contributed by atoms with Crippen molar-refractivity contribution in [1.29, 1.82) is 0 Å². The van der Waals surface area contributed by atoms with E-state index in [1.807, 2.05) is 6.92 Å². The molecule has 6 nitrogen and oxygen atoms in total. The highest BCUT2D eigenvalue weighted by atomic mass is 16.6. The quantitative estimate of drug-likeness (QED) is 0.345. The first-order valence-electron chi connectivity index (χ1n) is 5.30. The molecule has 0 aliphatic rings. The number of hydrogen-bond donors (Lipinski definition) is 1. The maximum Gasteiger partial charge on any atom is 0.334 e. The highest BCUT2D eigenvalue weighted by Crippen LogP contribution is 2.00. The lowest BCUT2D eigenvalue weighted by molar-refractivity contribution is -0.143. The van der Waals surface area contributed by atoms with Crippen LogP contribution in [0.4, 0.5) is 0 Å². The zero-order chi connectivity index (χ0) is 13.1. The Morgan fingerprint density at radius 2 is 1.71 bits per heavy atom. The van der Waals surface area contributed by atoms with Crippen molar-refractivity contribution < 1.29 is 28.9 Å². The van der Waals surface area contributed by atoms with Gasteiger partial charge in [-0.3, -0.25) is 4.79 Å². The monoisotopic (exact) mass is 246 g/mol. The molecule has 6 heteroatoms. The Bertz CT molecular complexity index is 261. The molecule has 0 aliphatic carbocycles. The predicted octanol–water partition coefficient (Wildman–Crippen LogP) is 0.614. The van der Waals surface area contributed by atoms with Crippen LogP contribution in [0.25, 0.3) is 0 Å². The molecule has 1 N–H and O–H groups in total. The van der Waals surface area contributed by atoms with Crippen LogP contribution < -0.4 is 0 Å². The SMILES string of the molecule is C=C(CC(=O)O)C(=O)OCCOCCOCC. The van der Waals surface area contributed by atoms with E-state index in [1.54, 1.807) is 0 Å². The lowest BCUT2D eigenvalue weighted by atomic mass is 10.2. The van der Waals surface area contributed by atoms with Crippen molar-refractivity contribution in [2.45, 2.75) is 13.3 Å². The van der Waals surface area contributed by atoms with Gasteiger partial charge in [-0.2, -0.15) is 0 Å². The number of ether oxygens (including phenoxy) is 3. The molecule has 0 aliphatic heterocycles. The number of carboxylic acids is 1. The third-order valence-corrected chi connectivity index (χ3v) is 1.69. The number of hydrogen-bond acceptors (Lipinski definition) is 5. The van der Waals surface area contributed by atoms with E-state index in [0.717, 1.165) is 0 Å². The number of carbonyl (C=O) groups excluding carboxylic acids is 1. The van der Waals surface area contributed by atoms with Crippen LogP contribution in [0.3, 0.4) is 0 Å². The Morgan fingerprint density at radius 1 is 1.12 bits per heavy atom. The summed E-state index contributed by atoms with van der Waals surface area (Å²) in [6, 6.07) is 0. The first-order chi connectivity index (χ1) is 8.07. The van der Waals surface area contributed by atoms with Crippen LogP contribution >= 0.6 is 0 Å². The molecule has 0 atom stereocenters. The topological polar surface area (TPSA) is 82.1 Å². The molecule has 98 valence electrons. The summed E-state index contributed by atoms with van der Waals surface area (Å²) in [6.45, 7) is 7.09. The van der Waals surface area contributed by atoms with Crippen LogP contribution in [0.2, 0.25) is 0 Å². The Balaban J connectivity index is 3.45. The zero-order valence-corrected chi connectivity index (χ0v) is 9.94. The van der Waals surface area contributed by atoms with E-state index in [4.69, 9.17) is 19.3 Å². The van der Waals surface area contributed by atoms with Crippen LogP contribution in [0.15, 0.2) is 12.2 Å². The Labute approximate surface area is 100 Å². The van der Waals surface area contributed by atoms with Gasteiger partial charge in [-0.15, -0.1) is 0 Å². The second kappa shape index (κ2) is 9.80. The molecule has 17 heavy (non-hydrogen) atoms. The molecular weight excluding hydrogens is 228 g/mol. The lowest BCUT2D eigenvalue weighted by Gasteiger charge is -2.06. The minimum atomic E-state index is -1.11. The Morgan fingerprint density at radius 3 is 2.29 bits per heavy atom. The highest BCUT2D eigenvalue weighted by Gasteiger charge is 2.11. The van der Waals surface area contributed by atoms with E-state index >= 15 is 0 Å². The van der Waals surface area contributed by atoms with Gasteiger partial charge in [0, 0.05) is 12.2 Å².